The number of nitrogens with one attached hydrogen (secondary N) is 1. The molecule has 0 aliphatic carbocycles. The first kappa shape index (κ1) is 11.4. The number of hydrazine groups is 1. The first-order valence-corrected chi connectivity index (χ1v) is 4.54. The van der Waals surface area contributed by atoms with E-state index >= 15 is 0 Å². The molecular weight excluding hydrogens is 196 g/mol. The number of nitrogens with two attached hydrogens (primary N) is 1. The Morgan fingerprint density at radius 3 is 2.67 bits per heavy atom. The fourth-order valence-corrected chi connectivity index (χ4v) is 1.46. The minimum atomic E-state index is -0.657. The van der Waals surface area contributed by atoms with Gasteiger partial charge in [0.25, 0.3) is 11.5 Å². The molecule has 3 N–H and O–H groups in total. The Kier molecular flexibility index (Phi) is 3.21. The molecule has 0 spiro atoms. The fraction of sp³-hybridized carbons (Fsp3) is 0.444. The maximum atomic E-state index is 11.6. The molecule has 0 aliphatic heterocycles. The van der Waals surface area contributed by atoms with E-state index in [1.165, 1.54) is 10.6 Å². The van der Waals surface area contributed by atoms with Gasteiger partial charge in [-0.05, 0) is 20.8 Å². The van der Waals surface area contributed by atoms with E-state index < -0.39 is 11.9 Å². The van der Waals surface area contributed by atoms with Gasteiger partial charge in [0, 0.05) is 11.8 Å². The highest BCUT2D eigenvalue weighted by Crippen LogP contribution is 2.04. The van der Waals surface area contributed by atoms with Gasteiger partial charge in [-0.2, -0.15) is 0 Å². The minimum absolute atomic E-state index is 0.254. The summed E-state index contributed by atoms with van der Waals surface area (Å²) < 4.78 is 1.30. The van der Waals surface area contributed by atoms with Crippen LogP contribution in [0.5, 0.6) is 0 Å². The number of carbonyl (C=O) groups excluding carboxylic acids is 1. The van der Waals surface area contributed by atoms with Crippen molar-refractivity contribution in [2.24, 2.45) is 5.84 Å². The molecular formula is C9H14N4O2. The van der Waals surface area contributed by atoms with E-state index in [0.29, 0.717) is 11.5 Å². The predicted molar refractivity (Wildman–Crippen MR) is 55.0 cm³/mol. The number of aromatic nitrogens is 2. The van der Waals surface area contributed by atoms with Gasteiger partial charge < -0.3 is 0 Å². The second-order valence-corrected chi connectivity index (χ2v) is 3.34. The molecule has 6 heteroatoms. The number of aryl methyl sites for hydroxylation is 2. The Labute approximate surface area is 87.1 Å². The molecule has 1 rings (SSSR count). The molecule has 82 valence electrons. The maximum absolute atomic E-state index is 11.6. The molecule has 0 aromatic carbocycles. The van der Waals surface area contributed by atoms with Crippen LogP contribution in [-0.2, 0) is 4.79 Å². The highest BCUT2D eigenvalue weighted by molar-refractivity contribution is 5.79. The second-order valence-electron chi connectivity index (χ2n) is 3.34. The molecule has 15 heavy (non-hydrogen) atoms. The Balaban J connectivity index is 3.26. The van der Waals surface area contributed by atoms with Gasteiger partial charge in [-0.1, -0.05) is 0 Å². The molecule has 0 saturated heterocycles. The lowest BCUT2D eigenvalue weighted by atomic mass is 10.3. The summed E-state index contributed by atoms with van der Waals surface area (Å²) >= 11 is 0. The van der Waals surface area contributed by atoms with Crippen molar-refractivity contribution in [1.29, 1.82) is 0 Å². The van der Waals surface area contributed by atoms with Crippen molar-refractivity contribution in [1.82, 2.24) is 15.0 Å². The van der Waals surface area contributed by atoms with Crippen LogP contribution in [0.4, 0.5) is 0 Å². The van der Waals surface area contributed by atoms with Crippen LogP contribution >= 0.6 is 0 Å². The average Bonchev–Trinajstić information content (AvgIpc) is 2.14. The largest absolute Gasteiger partial charge is 0.292 e. The van der Waals surface area contributed by atoms with Gasteiger partial charge in [0.15, 0.2) is 0 Å². The molecule has 1 amide bonds. The molecule has 0 aliphatic rings. The normalized spacial score (nSPS) is 12.3. The van der Waals surface area contributed by atoms with Crippen LogP contribution in [-0.4, -0.2) is 15.5 Å². The third-order valence-electron chi connectivity index (χ3n) is 2.17. The summed E-state index contributed by atoms with van der Waals surface area (Å²) in [6.45, 7) is 4.99. The summed E-state index contributed by atoms with van der Waals surface area (Å²) in [6, 6.07) is 0.725. The fourth-order valence-electron chi connectivity index (χ4n) is 1.46. The predicted octanol–water partition coefficient (Wildman–Crippen LogP) is -0.589. The van der Waals surface area contributed by atoms with E-state index in [0.717, 1.165) is 0 Å². The van der Waals surface area contributed by atoms with Crippen molar-refractivity contribution >= 4 is 5.91 Å². The Morgan fingerprint density at radius 2 is 2.20 bits per heavy atom. The first-order chi connectivity index (χ1) is 6.97. The topological polar surface area (TPSA) is 90.0 Å². The standard InChI is InChI=1S/C9H14N4O2/c1-5-4-8(14)13(7(3)11-5)6(2)9(15)12-10/h4,6H,10H2,1-3H3,(H,12,15). The van der Waals surface area contributed by atoms with Crippen LogP contribution in [0.3, 0.4) is 0 Å². The Morgan fingerprint density at radius 1 is 1.60 bits per heavy atom. The van der Waals surface area contributed by atoms with Crippen molar-refractivity contribution in [3.05, 3.63) is 27.9 Å². The zero-order valence-electron chi connectivity index (χ0n) is 8.94. The summed E-state index contributed by atoms with van der Waals surface area (Å²) in [5.74, 6) is 5.08. The molecule has 0 bridgehead atoms. The highest BCUT2D eigenvalue weighted by atomic mass is 16.2. The maximum Gasteiger partial charge on any atom is 0.256 e. The minimum Gasteiger partial charge on any atom is -0.292 e. The summed E-state index contributed by atoms with van der Waals surface area (Å²) in [6.07, 6.45) is 0. The van der Waals surface area contributed by atoms with E-state index in [4.69, 9.17) is 5.84 Å². The van der Waals surface area contributed by atoms with Crippen LogP contribution in [0, 0.1) is 13.8 Å². The van der Waals surface area contributed by atoms with E-state index in [-0.39, 0.29) is 5.56 Å². The molecule has 1 aromatic heterocycles. The molecule has 1 heterocycles. The van der Waals surface area contributed by atoms with E-state index in [1.807, 2.05) is 5.43 Å². The lowest BCUT2D eigenvalue weighted by Gasteiger charge is -2.15. The van der Waals surface area contributed by atoms with Crippen molar-refractivity contribution in [2.75, 3.05) is 0 Å². The van der Waals surface area contributed by atoms with Gasteiger partial charge in [0.05, 0.1) is 0 Å². The third kappa shape index (κ3) is 2.21. The van der Waals surface area contributed by atoms with Crippen molar-refractivity contribution in [3.63, 3.8) is 0 Å². The molecule has 0 fully saturated rings. The smallest absolute Gasteiger partial charge is 0.256 e. The van der Waals surface area contributed by atoms with Crippen molar-refractivity contribution < 1.29 is 4.79 Å². The SMILES string of the molecule is Cc1cc(=O)n(C(C)C(=O)NN)c(C)n1. The summed E-state index contributed by atoms with van der Waals surface area (Å²) in [7, 11) is 0. The van der Waals surface area contributed by atoms with Crippen molar-refractivity contribution in [2.45, 2.75) is 26.8 Å². The second kappa shape index (κ2) is 4.22. The first-order valence-electron chi connectivity index (χ1n) is 4.54. The molecule has 1 atom stereocenters. The molecule has 1 unspecified atom stereocenters. The van der Waals surface area contributed by atoms with E-state index in [9.17, 15) is 9.59 Å². The number of hydrogen-bond acceptors (Lipinski definition) is 4. The zero-order chi connectivity index (χ0) is 11.6. The van der Waals surface area contributed by atoms with Gasteiger partial charge in [0.1, 0.15) is 11.9 Å². The Hall–Kier alpha value is -1.69. The van der Waals surface area contributed by atoms with Gasteiger partial charge >= 0.3 is 0 Å². The summed E-state index contributed by atoms with van der Waals surface area (Å²) in [4.78, 5) is 27.0. The van der Waals surface area contributed by atoms with Crippen LogP contribution in [0.15, 0.2) is 10.9 Å². The molecule has 0 saturated carbocycles. The average molecular weight is 210 g/mol. The molecule has 6 nitrogen and oxygen atoms in total. The quantitative estimate of drug-likeness (QED) is 0.388. The van der Waals surface area contributed by atoms with Gasteiger partial charge in [-0.25, -0.2) is 10.8 Å². The number of nitrogens with zero attached hydrogens (tertiary/aromatic N) is 2. The van der Waals surface area contributed by atoms with E-state index in [2.05, 4.69) is 4.98 Å². The third-order valence-corrected chi connectivity index (χ3v) is 2.17. The monoisotopic (exact) mass is 210 g/mol. The zero-order valence-corrected chi connectivity index (χ0v) is 8.94. The van der Waals surface area contributed by atoms with Crippen LogP contribution < -0.4 is 16.8 Å². The Bertz CT molecular complexity index is 438. The molecule has 0 radical (unpaired) electrons. The van der Waals surface area contributed by atoms with E-state index in [1.54, 1.807) is 20.8 Å². The number of hydrogen-bond donors (Lipinski definition) is 2. The van der Waals surface area contributed by atoms with Crippen LogP contribution in [0.1, 0.15) is 24.5 Å². The number of rotatable bonds is 2. The van der Waals surface area contributed by atoms with Crippen LogP contribution in [0.25, 0.3) is 0 Å². The van der Waals surface area contributed by atoms with Gasteiger partial charge in [-0.15, -0.1) is 0 Å². The lowest BCUT2D eigenvalue weighted by molar-refractivity contribution is -0.124. The summed E-state index contributed by atoms with van der Waals surface area (Å²) in [5.41, 5.74) is 2.39. The van der Waals surface area contributed by atoms with Gasteiger partial charge in [-0.3, -0.25) is 19.6 Å². The number of amides is 1. The lowest BCUT2D eigenvalue weighted by Crippen LogP contribution is -2.40. The summed E-state index contributed by atoms with van der Waals surface area (Å²) in [5, 5.41) is 0. The van der Waals surface area contributed by atoms with Crippen molar-refractivity contribution in [3.8, 4) is 0 Å². The highest BCUT2D eigenvalue weighted by Gasteiger charge is 2.17. The van der Waals surface area contributed by atoms with Crippen LogP contribution in [0.2, 0.25) is 0 Å². The number of carbonyl (C=O) groups is 1. The van der Waals surface area contributed by atoms with Gasteiger partial charge in [0.2, 0.25) is 0 Å². The molecule has 1 aromatic rings.